The SMILES string of the molecule is CNC(=O)N1CCN(C(=O)[C@@H]2CC(c3cc(F)ccc3F)=NO2)CC1. The Morgan fingerprint density at radius 1 is 1.20 bits per heavy atom. The lowest BCUT2D eigenvalue weighted by Gasteiger charge is -2.35. The largest absolute Gasteiger partial charge is 0.382 e. The molecule has 1 N–H and O–H groups in total. The molecule has 7 nitrogen and oxygen atoms in total. The molecule has 0 saturated carbocycles. The van der Waals surface area contributed by atoms with Crippen LogP contribution in [0, 0.1) is 11.6 Å². The molecule has 1 aromatic carbocycles. The summed E-state index contributed by atoms with van der Waals surface area (Å²) in [5.74, 6) is -1.47. The molecule has 0 unspecified atom stereocenters. The number of amides is 3. The fraction of sp³-hybridized carbons (Fsp3) is 0.438. The summed E-state index contributed by atoms with van der Waals surface area (Å²) in [5.41, 5.74) is 0.207. The maximum absolute atomic E-state index is 13.8. The first-order valence-electron chi connectivity index (χ1n) is 7.93. The van der Waals surface area contributed by atoms with Crippen LogP contribution in [0.2, 0.25) is 0 Å². The van der Waals surface area contributed by atoms with E-state index in [1.807, 2.05) is 0 Å². The normalized spacial score (nSPS) is 20.1. The van der Waals surface area contributed by atoms with Gasteiger partial charge in [0.1, 0.15) is 11.6 Å². The average Bonchev–Trinajstić information content (AvgIpc) is 3.12. The summed E-state index contributed by atoms with van der Waals surface area (Å²) in [4.78, 5) is 32.4. The molecule has 2 aliphatic heterocycles. The quantitative estimate of drug-likeness (QED) is 0.861. The lowest BCUT2D eigenvalue weighted by molar-refractivity contribution is -0.143. The standard InChI is InChI=1S/C16H18F2N4O3/c1-19-16(24)22-6-4-21(5-7-22)15(23)14-9-13(20-25-14)11-8-10(17)2-3-12(11)18/h2-3,8,14H,4-7,9H2,1H3,(H,19,24)/t14-/m0/s1. The summed E-state index contributed by atoms with van der Waals surface area (Å²) in [6.07, 6.45) is -0.779. The molecule has 1 fully saturated rings. The third-order valence-corrected chi connectivity index (χ3v) is 4.28. The Bertz CT molecular complexity index is 717. The Balaban J connectivity index is 1.59. The number of nitrogens with zero attached hydrogens (tertiary/aromatic N) is 3. The van der Waals surface area contributed by atoms with E-state index >= 15 is 0 Å². The molecule has 0 radical (unpaired) electrons. The predicted molar refractivity (Wildman–Crippen MR) is 85.0 cm³/mol. The summed E-state index contributed by atoms with van der Waals surface area (Å²) < 4.78 is 27.1. The van der Waals surface area contributed by atoms with E-state index in [4.69, 9.17) is 4.84 Å². The van der Waals surface area contributed by atoms with Crippen molar-refractivity contribution in [1.82, 2.24) is 15.1 Å². The molecule has 2 aliphatic rings. The number of oxime groups is 1. The Morgan fingerprint density at radius 2 is 1.88 bits per heavy atom. The maximum atomic E-state index is 13.8. The number of rotatable bonds is 2. The highest BCUT2D eigenvalue weighted by atomic mass is 19.1. The smallest absolute Gasteiger partial charge is 0.317 e. The molecule has 2 heterocycles. The molecule has 134 valence electrons. The number of halogens is 2. The lowest BCUT2D eigenvalue weighted by atomic mass is 10.0. The van der Waals surface area contributed by atoms with Crippen LogP contribution < -0.4 is 5.32 Å². The van der Waals surface area contributed by atoms with Gasteiger partial charge < -0.3 is 20.0 Å². The first-order valence-corrected chi connectivity index (χ1v) is 7.93. The van der Waals surface area contributed by atoms with E-state index < -0.39 is 17.7 Å². The van der Waals surface area contributed by atoms with E-state index in [0.717, 1.165) is 18.2 Å². The van der Waals surface area contributed by atoms with Gasteiger partial charge in [-0.1, -0.05) is 5.16 Å². The van der Waals surface area contributed by atoms with Crippen LogP contribution in [0.4, 0.5) is 13.6 Å². The molecule has 0 spiro atoms. The number of benzene rings is 1. The first-order chi connectivity index (χ1) is 12.0. The summed E-state index contributed by atoms with van der Waals surface area (Å²) in [5, 5.41) is 6.29. The zero-order valence-electron chi connectivity index (χ0n) is 13.7. The van der Waals surface area contributed by atoms with Gasteiger partial charge in [0.05, 0.1) is 5.71 Å². The number of hydrogen-bond donors (Lipinski definition) is 1. The molecule has 9 heteroatoms. The highest BCUT2D eigenvalue weighted by Gasteiger charge is 2.35. The molecule has 0 aliphatic carbocycles. The van der Waals surface area contributed by atoms with Crippen molar-refractivity contribution in [3.63, 3.8) is 0 Å². The van der Waals surface area contributed by atoms with E-state index in [2.05, 4.69) is 10.5 Å². The van der Waals surface area contributed by atoms with Gasteiger partial charge in [-0.2, -0.15) is 0 Å². The summed E-state index contributed by atoms with van der Waals surface area (Å²) in [6, 6.07) is 2.88. The molecular weight excluding hydrogens is 334 g/mol. The van der Waals surface area contributed by atoms with E-state index in [0.29, 0.717) is 26.2 Å². The number of carbonyl (C=O) groups is 2. The Morgan fingerprint density at radius 3 is 2.56 bits per heavy atom. The number of carbonyl (C=O) groups excluding carboxylic acids is 2. The molecule has 3 amide bonds. The Labute approximate surface area is 143 Å². The van der Waals surface area contributed by atoms with Crippen molar-refractivity contribution in [1.29, 1.82) is 0 Å². The number of piperazine rings is 1. The minimum Gasteiger partial charge on any atom is -0.382 e. The van der Waals surface area contributed by atoms with Crippen molar-refractivity contribution >= 4 is 17.6 Å². The van der Waals surface area contributed by atoms with Gasteiger partial charge in [0, 0.05) is 45.2 Å². The molecule has 1 atom stereocenters. The fourth-order valence-corrected chi connectivity index (χ4v) is 2.88. The second-order valence-electron chi connectivity index (χ2n) is 5.83. The van der Waals surface area contributed by atoms with Crippen LogP contribution in [0.1, 0.15) is 12.0 Å². The minimum absolute atomic E-state index is 0.000244. The van der Waals surface area contributed by atoms with Crippen molar-refractivity contribution < 1.29 is 23.2 Å². The van der Waals surface area contributed by atoms with Crippen molar-refractivity contribution in [2.75, 3.05) is 33.2 Å². The van der Waals surface area contributed by atoms with Crippen molar-refractivity contribution in [2.24, 2.45) is 5.16 Å². The number of urea groups is 1. The highest BCUT2D eigenvalue weighted by molar-refractivity contribution is 6.04. The summed E-state index contributed by atoms with van der Waals surface area (Å²) in [6.45, 7) is 1.61. The molecule has 1 saturated heterocycles. The van der Waals surface area contributed by atoms with Crippen LogP contribution in [0.25, 0.3) is 0 Å². The topological polar surface area (TPSA) is 74.2 Å². The zero-order chi connectivity index (χ0) is 18.0. The van der Waals surface area contributed by atoms with Gasteiger partial charge in [-0.3, -0.25) is 4.79 Å². The fourth-order valence-electron chi connectivity index (χ4n) is 2.88. The van der Waals surface area contributed by atoms with Gasteiger partial charge in [-0.25, -0.2) is 13.6 Å². The van der Waals surface area contributed by atoms with E-state index in [9.17, 15) is 18.4 Å². The number of nitrogens with one attached hydrogen (secondary N) is 1. The lowest BCUT2D eigenvalue weighted by Crippen LogP contribution is -2.54. The summed E-state index contributed by atoms with van der Waals surface area (Å²) in [7, 11) is 1.55. The van der Waals surface area contributed by atoms with Crippen molar-refractivity contribution in [2.45, 2.75) is 12.5 Å². The molecule has 3 rings (SSSR count). The zero-order valence-corrected chi connectivity index (χ0v) is 13.7. The highest BCUT2D eigenvalue weighted by Crippen LogP contribution is 2.21. The van der Waals surface area contributed by atoms with Crippen molar-refractivity contribution in [3.8, 4) is 0 Å². The average molecular weight is 352 g/mol. The van der Waals surface area contributed by atoms with E-state index in [1.165, 1.54) is 0 Å². The van der Waals surface area contributed by atoms with Crippen molar-refractivity contribution in [3.05, 3.63) is 35.4 Å². The Kier molecular flexibility index (Phi) is 4.82. The van der Waals surface area contributed by atoms with Crippen LogP contribution in [-0.2, 0) is 9.63 Å². The van der Waals surface area contributed by atoms with E-state index in [-0.39, 0.29) is 29.6 Å². The molecule has 1 aromatic rings. The van der Waals surface area contributed by atoms with Gasteiger partial charge in [0.25, 0.3) is 5.91 Å². The predicted octanol–water partition coefficient (Wildman–Crippen LogP) is 0.941. The second-order valence-corrected chi connectivity index (χ2v) is 5.83. The Hall–Kier alpha value is -2.71. The van der Waals surface area contributed by atoms with Crippen LogP contribution >= 0.6 is 0 Å². The van der Waals surface area contributed by atoms with Gasteiger partial charge in [0.15, 0.2) is 0 Å². The van der Waals surface area contributed by atoms with Crippen LogP contribution in [0.5, 0.6) is 0 Å². The molecule has 25 heavy (non-hydrogen) atoms. The maximum Gasteiger partial charge on any atom is 0.317 e. The molecule has 0 aromatic heterocycles. The van der Waals surface area contributed by atoms with Gasteiger partial charge >= 0.3 is 6.03 Å². The van der Waals surface area contributed by atoms with Gasteiger partial charge in [0.2, 0.25) is 6.10 Å². The molecule has 0 bridgehead atoms. The first kappa shape index (κ1) is 17.1. The van der Waals surface area contributed by atoms with Crippen LogP contribution in [-0.4, -0.2) is 66.8 Å². The third-order valence-electron chi connectivity index (χ3n) is 4.28. The van der Waals surface area contributed by atoms with Crippen LogP contribution in [0.3, 0.4) is 0 Å². The van der Waals surface area contributed by atoms with E-state index in [1.54, 1.807) is 16.8 Å². The second kappa shape index (κ2) is 7.04. The molecular formula is C16H18F2N4O3. The van der Waals surface area contributed by atoms with Gasteiger partial charge in [-0.05, 0) is 18.2 Å². The monoisotopic (exact) mass is 352 g/mol. The summed E-state index contributed by atoms with van der Waals surface area (Å²) >= 11 is 0. The number of hydrogen-bond acceptors (Lipinski definition) is 4. The minimum atomic E-state index is -0.857. The third kappa shape index (κ3) is 3.54. The van der Waals surface area contributed by atoms with Gasteiger partial charge in [-0.15, -0.1) is 0 Å². The van der Waals surface area contributed by atoms with Crippen LogP contribution in [0.15, 0.2) is 23.4 Å².